The van der Waals surface area contributed by atoms with Gasteiger partial charge in [-0.05, 0) is 42.3 Å². The summed E-state index contributed by atoms with van der Waals surface area (Å²) >= 11 is 0. The molecule has 0 unspecified atom stereocenters. The monoisotopic (exact) mass is 289 g/mol. The molecule has 1 aliphatic rings. The Morgan fingerprint density at radius 2 is 1.91 bits per heavy atom. The number of hydrogen-bond acceptors (Lipinski definition) is 2. The highest BCUT2D eigenvalue weighted by Gasteiger charge is 2.15. The van der Waals surface area contributed by atoms with Crippen LogP contribution in [-0.4, -0.2) is 18.3 Å². The molecule has 22 heavy (non-hydrogen) atoms. The van der Waals surface area contributed by atoms with Gasteiger partial charge in [0.15, 0.2) is 0 Å². The lowest BCUT2D eigenvalue weighted by molar-refractivity contribution is 0.0946. The molecule has 1 aliphatic heterocycles. The summed E-state index contributed by atoms with van der Waals surface area (Å²) in [7, 11) is 0. The van der Waals surface area contributed by atoms with Crippen molar-refractivity contribution in [3.63, 3.8) is 0 Å². The molecule has 4 nitrogen and oxygen atoms in total. The van der Waals surface area contributed by atoms with Crippen LogP contribution in [0.25, 0.3) is 0 Å². The minimum Gasteiger partial charge on any atom is -0.384 e. The van der Waals surface area contributed by atoms with Gasteiger partial charge in [0, 0.05) is 28.8 Å². The SMILES string of the molecule is N=C(N)c1cccc(C#Cc2ccc3c(c2)CCNC3=O)c1. The largest absolute Gasteiger partial charge is 0.384 e. The van der Waals surface area contributed by atoms with Gasteiger partial charge >= 0.3 is 0 Å². The van der Waals surface area contributed by atoms with E-state index in [0.717, 1.165) is 28.7 Å². The standard InChI is InChI=1S/C18H15N3O/c19-17(20)15-3-1-2-12(11-15)4-5-13-6-7-16-14(10-13)8-9-21-18(16)22/h1-3,6-7,10-11H,8-9H2,(H3,19,20)(H,21,22). The fraction of sp³-hybridized carbons (Fsp3) is 0.111. The van der Waals surface area contributed by atoms with Gasteiger partial charge in [-0.15, -0.1) is 0 Å². The number of fused-ring (bicyclic) bond motifs is 1. The van der Waals surface area contributed by atoms with Crippen LogP contribution in [0.2, 0.25) is 0 Å². The lowest BCUT2D eigenvalue weighted by Gasteiger charge is -2.16. The van der Waals surface area contributed by atoms with Crippen molar-refractivity contribution in [2.45, 2.75) is 6.42 Å². The van der Waals surface area contributed by atoms with Crippen molar-refractivity contribution in [2.24, 2.45) is 5.73 Å². The fourth-order valence-corrected chi connectivity index (χ4v) is 2.41. The number of carbonyl (C=O) groups is 1. The van der Waals surface area contributed by atoms with Gasteiger partial charge in [0.25, 0.3) is 5.91 Å². The Hall–Kier alpha value is -3.06. The molecular formula is C18H15N3O. The number of amides is 1. The molecule has 1 amide bonds. The van der Waals surface area contributed by atoms with Crippen molar-refractivity contribution in [2.75, 3.05) is 6.54 Å². The van der Waals surface area contributed by atoms with Crippen molar-refractivity contribution >= 4 is 11.7 Å². The zero-order chi connectivity index (χ0) is 15.5. The van der Waals surface area contributed by atoms with Gasteiger partial charge in [-0.1, -0.05) is 24.0 Å². The number of rotatable bonds is 1. The van der Waals surface area contributed by atoms with Crippen LogP contribution in [-0.2, 0) is 6.42 Å². The van der Waals surface area contributed by atoms with E-state index < -0.39 is 0 Å². The lowest BCUT2D eigenvalue weighted by atomic mass is 9.98. The Morgan fingerprint density at radius 1 is 1.14 bits per heavy atom. The summed E-state index contributed by atoms with van der Waals surface area (Å²) in [5.74, 6) is 6.18. The number of amidine groups is 1. The molecule has 0 aromatic heterocycles. The molecule has 0 atom stereocenters. The van der Waals surface area contributed by atoms with Gasteiger partial charge in [-0.25, -0.2) is 0 Å². The minimum atomic E-state index is -0.0186. The Kier molecular flexibility index (Phi) is 3.63. The summed E-state index contributed by atoms with van der Waals surface area (Å²) in [6.07, 6.45) is 0.830. The van der Waals surface area contributed by atoms with E-state index in [1.165, 1.54) is 0 Å². The van der Waals surface area contributed by atoms with Crippen LogP contribution in [0.3, 0.4) is 0 Å². The smallest absolute Gasteiger partial charge is 0.251 e. The molecule has 108 valence electrons. The molecule has 0 spiro atoms. The van der Waals surface area contributed by atoms with Gasteiger partial charge in [-0.3, -0.25) is 10.2 Å². The first-order valence-electron chi connectivity index (χ1n) is 7.01. The number of hydrogen-bond donors (Lipinski definition) is 3. The Bertz CT molecular complexity index is 828. The molecule has 0 fully saturated rings. The normalized spacial score (nSPS) is 12.6. The third kappa shape index (κ3) is 2.84. The van der Waals surface area contributed by atoms with Crippen LogP contribution in [0.4, 0.5) is 0 Å². The average Bonchev–Trinajstić information content (AvgIpc) is 2.53. The molecule has 0 bridgehead atoms. The van der Waals surface area contributed by atoms with Crippen molar-refractivity contribution in [3.05, 3.63) is 70.3 Å². The number of nitrogens with one attached hydrogen (secondary N) is 2. The van der Waals surface area contributed by atoms with Gasteiger partial charge in [-0.2, -0.15) is 0 Å². The average molecular weight is 289 g/mol. The summed E-state index contributed by atoms with van der Waals surface area (Å²) < 4.78 is 0. The predicted octanol–water partition coefficient (Wildman–Crippen LogP) is 1.66. The van der Waals surface area contributed by atoms with Gasteiger partial charge < -0.3 is 11.1 Å². The highest BCUT2D eigenvalue weighted by Crippen LogP contribution is 2.15. The summed E-state index contributed by atoms with van der Waals surface area (Å²) in [4.78, 5) is 11.7. The topological polar surface area (TPSA) is 79.0 Å². The predicted molar refractivity (Wildman–Crippen MR) is 85.9 cm³/mol. The highest BCUT2D eigenvalue weighted by atomic mass is 16.1. The van der Waals surface area contributed by atoms with E-state index in [9.17, 15) is 4.79 Å². The fourth-order valence-electron chi connectivity index (χ4n) is 2.41. The van der Waals surface area contributed by atoms with Crippen LogP contribution in [0.15, 0.2) is 42.5 Å². The first-order valence-corrected chi connectivity index (χ1v) is 7.01. The van der Waals surface area contributed by atoms with Crippen LogP contribution in [0, 0.1) is 17.3 Å². The summed E-state index contributed by atoms with van der Waals surface area (Å²) in [6.45, 7) is 0.670. The summed E-state index contributed by atoms with van der Waals surface area (Å²) in [5.41, 5.74) is 9.59. The molecule has 0 aliphatic carbocycles. The van der Waals surface area contributed by atoms with Crippen molar-refractivity contribution < 1.29 is 4.79 Å². The molecule has 2 aromatic carbocycles. The third-order valence-corrected chi connectivity index (χ3v) is 3.55. The summed E-state index contributed by atoms with van der Waals surface area (Å²) in [5, 5.41) is 10.3. The van der Waals surface area contributed by atoms with Crippen molar-refractivity contribution in [1.29, 1.82) is 5.41 Å². The Labute approximate surface area is 128 Å². The van der Waals surface area contributed by atoms with Gasteiger partial charge in [0.1, 0.15) is 5.84 Å². The summed E-state index contributed by atoms with van der Waals surface area (Å²) in [6, 6.07) is 12.9. The van der Waals surface area contributed by atoms with Crippen LogP contribution >= 0.6 is 0 Å². The van der Waals surface area contributed by atoms with Gasteiger partial charge in [0.2, 0.25) is 0 Å². The highest BCUT2D eigenvalue weighted by molar-refractivity contribution is 5.97. The molecule has 2 aromatic rings. The molecule has 0 radical (unpaired) electrons. The maximum atomic E-state index is 11.7. The second-order valence-electron chi connectivity index (χ2n) is 5.12. The maximum absolute atomic E-state index is 11.7. The number of benzene rings is 2. The van der Waals surface area contributed by atoms with Crippen LogP contribution in [0.5, 0.6) is 0 Å². The quantitative estimate of drug-likeness (QED) is 0.424. The zero-order valence-corrected chi connectivity index (χ0v) is 11.9. The zero-order valence-electron chi connectivity index (χ0n) is 11.9. The molecule has 4 heteroatoms. The van der Waals surface area contributed by atoms with E-state index in [-0.39, 0.29) is 11.7 Å². The van der Waals surface area contributed by atoms with E-state index in [1.54, 1.807) is 12.1 Å². The second kappa shape index (κ2) is 5.74. The van der Waals surface area contributed by atoms with Crippen molar-refractivity contribution in [3.8, 4) is 11.8 Å². The van der Waals surface area contributed by atoms with Crippen LogP contribution < -0.4 is 11.1 Å². The van der Waals surface area contributed by atoms with E-state index in [1.807, 2.05) is 30.3 Å². The lowest BCUT2D eigenvalue weighted by Crippen LogP contribution is -2.31. The minimum absolute atomic E-state index is 0.0186. The van der Waals surface area contributed by atoms with Crippen molar-refractivity contribution in [1.82, 2.24) is 5.32 Å². The van der Waals surface area contributed by atoms with E-state index in [0.29, 0.717) is 12.1 Å². The first kappa shape index (κ1) is 13.9. The third-order valence-electron chi connectivity index (χ3n) is 3.55. The molecule has 3 rings (SSSR count). The van der Waals surface area contributed by atoms with E-state index in [2.05, 4.69) is 17.2 Å². The molecule has 4 N–H and O–H groups in total. The Morgan fingerprint density at radius 3 is 2.68 bits per heavy atom. The molecule has 0 saturated heterocycles. The number of carbonyl (C=O) groups excluding carboxylic acids is 1. The molecular weight excluding hydrogens is 274 g/mol. The molecule has 0 saturated carbocycles. The first-order chi connectivity index (χ1) is 10.6. The Balaban J connectivity index is 1.90. The van der Waals surface area contributed by atoms with Crippen LogP contribution in [0.1, 0.15) is 32.6 Å². The number of nitrogen functional groups attached to an aromatic ring is 1. The number of nitrogens with two attached hydrogens (primary N) is 1. The molecule has 1 heterocycles. The second-order valence-corrected chi connectivity index (χ2v) is 5.12. The van der Waals surface area contributed by atoms with E-state index in [4.69, 9.17) is 11.1 Å². The van der Waals surface area contributed by atoms with E-state index >= 15 is 0 Å². The van der Waals surface area contributed by atoms with Gasteiger partial charge in [0.05, 0.1) is 0 Å². The maximum Gasteiger partial charge on any atom is 0.251 e.